The Kier molecular flexibility index (Phi) is 4.29. The zero-order valence-corrected chi connectivity index (χ0v) is 17.3. The van der Waals surface area contributed by atoms with E-state index in [4.69, 9.17) is 9.84 Å². The molecule has 1 aliphatic heterocycles. The zero-order chi connectivity index (χ0) is 18.5. The predicted molar refractivity (Wildman–Crippen MR) is 105 cm³/mol. The predicted octanol–water partition coefficient (Wildman–Crippen LogP) is 5.15. The molecule has 140 valence electrons. The minimum Gasteiger partial charge on any atom is -0.444 e. The van der Waals surface area contributed by atoms with Gasteiger partial charge in [0.15, 0.2) is 0 Å². The highest BCUT2D eigenvalue weighted by molar-refractivity contribution is 9.10. The van der Waals surface area contributed by atoms with Gasteiger partial charge in [-0.2, -0.15) is 5.10 Å². The molecule has 1 saturated carbocycles. The number of hydrogen-bond donors (Lipinski definition) is 0. The van der Waals surface area contributed by atoms with Gasteiger partial charge in [0.1, 0.15) is 10.2 Å². The fourth-order valence-electron chi connectivity index (χ4n) is 4.32. The standard InChI is InChI=1S/C20H26BrN3O2/c1-19(2,3)26-18(25)23-12-20(13-23)10-8-14(9-11-20)24-16-7-5-4-6-15(16)17(21)22-24/h4-7,14H,8-13H2,1-3H3. The van der Waals surface area contributed by atoms with Gasteiger partial charge >= 0.3 is 6.09 Å². The molecular formula is C20H26BrN3O2. The molecule has 1 aliphatic carbocycles. The smallest absolute Gasteiger partial charge is 0.410 e. The first-order valence-electron chi connectivity index (χ1n) is 9.37. The summed E-state index contributed by atoms with van der Waals surface area (Å²) in [4.78, 5) is 14.0. The maximum atomic E-state index is 12.2. The second-order valence-corrected chi connectivity index (χ2v) is 9.57. The van der Waals surface area contributed by atoms with E-state index in [1.54, 1.807) is 0 Å². The van der Waals surface area contributed by atoms with E-state index in [1.807, 2.05) is 25.7 Å². The second kappa shape index (κ2) is 6.25. The molecule has 0 unspecified atom stereocenters. The fourth-order valence-corrected chi connectivity index (χ4v) is 4.83. The average molecular weight is 420 g/mol. The van der Waals surface area contributed by atoms with Gasteiger partial charge in [0.25, 0.3) is 0 Å². The van der Waals surface area contributed by atoms with Crippen LogP contribution in [0.2, 0.25) is 0 Å². The van der Waals surface area contributed by atoms with Gasteiger partial charge in [-0.3, -0.25) is 4.68 Å². The largest absolute Gasteiger partial charge is 0.444 e. The van der Waals surface area contributed by atoms with E-state index in [0.717, 1.165) is 43.4 Å². The van der Waals surface area contributed by atoms with Crippen LogP contribution < -0.4 is 0 Å². The van der Waals surface area contributed by atoms with Crippen molar-refractivity contribution >= 4 is 32.9 Å². The van der Waals surface area contributed by atoms with E-state index < -0.39 is 5.60 Å². The molecule has 5 nitrogen and oxygen atoms in total. The van der Waals surface area contributed by atoms with Crippen molar-refractivity contribution in [2.75, 3.05) is 13.1 Å². The van der Waals surface area contributed by atoms with Crippen LogP contribution in [0.4, 0.5) is 4.79 Å². The van der Waals surface area contributed by atoms with Crippen LogP contribution in [0, 0.1) is 5.41 Å². The molecule has 2 aliphatic rings. The van der Waals surface area contributed by atoms with Crippen LogP contribution in [-0.2, 0) is 4.74 Å². The van der Waals surface area contributed by atoms with E-state index in [2.05, 4.69) is 44.9 Å². The minimum atomic E-state index is -0.425. The number of halogens is 1. The van der Waals surface area contributed by atoms with Gasteiger partial charge in [0, 0.05) is 23.9 Å². The van der Waals surface area contributed by atoms with Crippen LogP contribution in [0.5, 0.6) is 0 Å². The number of amides is 1. The monoisotopic (exact) mass is 419 g/mol. The highest BCUT2D eigenvalue weighted by Crippen LogP contribution is 2.47. The summed E-state index contributed by atoms with van der Waals surface area (Å²) in [5.74, 6) is 0. The number of fused-ring (bicyclic) bond motifs is 1. The van der Waals surface area contributed by atoms with Gasteiger partial charge in [-0.25, -0.2) is 4.79 Å². The SMILES string of the molecule is CC(C)(C)OC(=O)N1CC2(CCC(n3nc(Br)c4ccccc43)CC2)C1. The third-order valence-electron chi connectivity index (χ3n) is 5.63. The van der Waals surface area contributed by atoms with Gasteiger partial charge in [-0.1, -0.05) is 18.2 Å². The summed E-state index contributed by atoms with van der Waals surface area (Å²) >= 11 is 3.59. The molecule has 2 aromatic rings. The number of hydrogen-bond acceptors (Lipinski definition) is 3. The van der Waals surface area contributed by atoms with Crippen molar-refractivity contribution in [1.29, 1.82) is 0 Å². The van der Waals surface area contributed by atoms with Gasteiger partial charge in [0.2, 0.25) is 0 Å². The molecule has 1 amide bonds. The first-order chi connectivity index (χ1) is 12.3. The number of ether oxygens (including phenoxy) is 1. The molecule has 0 atom stereocenters. The van der Waals surface area contributed by atoms with E-state index in [0.29, 0.717) is 6.04 Å². The molecule has 0 N–H and O–H groups in total. The van der Waals surface area contributed by atoms with Crippen molar-refractivity contribution in [3.05, 3.63) is 28.9 Å². The van der Waals surface area contributed by atoms with Crippen LogP contribution in [0.3, 0.4) is 0 Å². The molecule has 2 heterocycles. The molecule has 26 heavy (non-hydrogen) atoms. The van der Waals surface area contributed by atoms with Crippen LogP contribution in [0.25, 0.3) is 10.9 Å². The Morgan fingerprint density at radius 1 is 1.23 bits per heavy atom. The summed E-state index contributed by atoms with van der Waals surface area (Å²) in [7, 11) is 0. The summed E-state index contributed by atoms with van der Waals surface area (Å²) in [6.07, 6.45) is 4.33. The van der Waals surface area contributed by atoms with Crippen molar-refractivity contribution in [3.63, 3.8) is 0 Å². The number of para-hydroxylation sites is 1. The summed E-state index contributed by atoms with van der Waals surface area (Å²) in [6, 6.07) is 8.81. The highest BCUT2D eigenvalue weighted by atomic mass is 79.9. The van der Waals surface area contributed by atoms with Crippen molar-refractivity contribution in [2.24, 2.45) is 5.41 Å². The lowest BCUT2D eigenvalue weighted by Crippen LogP contribution is -2.60. The van der Waals surface area contributed by atoms with Gasteiger partial charge in [0.05, 0.1) is 11.6 Å². The molecule has 2 fully saturated rings. The number of aromatic nitrogens is 2. The highest BCUT2D eigenvalue weighted by Gasteiger charge is 2.48. The molecular weight excluding hydrogens is 394 g/mol. The lowest BCUT2D eigenvalue weighted by atomic mass is 9.67. The quantitative estimate of drug-likeness (QED) is 0.641. The summed E-state index contributed by atoms with van der Waals surface area (Å²) in [5.41, 5.74) is 1.06. The van der Waals surface area contributed by atoms with Crippen LogP contribution in [0.15, 0.2) is 28.9 Å². The van der Waals surface area contributed by atoms with Gasteiger partial charge in [-0.05, 0) is 68.5 Å². The van der Waals surface area contributed by atoms with E-state index in [-0.39, 0.29) is 11.5 Å². The van der Waals surface area contributed by atoms with Crippen LogP contribution in [0.1, 0.15) is 52.5 Å². The molecule has 1 aromatic heterocycles. The van der Waals surface area contributed by atoms with E-state index in [9.17, 15) is 4.79 Å². The normalized spacial score (nSPS) is 20.4. The zero-order valence-electron chi connectivity index (χ0n) is 15.7. The minimum absolute atomic E-state index is 0.174. The van der Waals surface area contributed by atoms with E-state index in [1.165, 1.54) is 10.9 Å². The number of nitrogens with zero attached hydrogens (tertiary/aromatic N) is 3. The van der Waals surface area contributed by atoms with Crippen molar-refractivity contribution in [1.82, 2.24) is 14.7 Å². The van der Waals surface area contributed by atoms with Crippen molar-refractivity contribution in [3.8, 4) is 0 Å². The fraction of sp³-hybridized carbons (Fsp3) is 0.600. The first-order valence-corrected chi connectivity index (χ1v) is 10.2. The number of carbonyl (C=O) groups is 1. The molecule has 0 bridgehead atoms. The Hall–Kier alpha value is -1.56. The van der Waals surface area contributed by atoms with Crippen LogP contribution in [-0.4, -0.2) is 39.5 Å². The molecule has 1 aromatic carbocycles. The molecule has 0 radical (unpaired) electrons. The molecule has 1 saturated heterocycles. The third-order valence-corrected chi connectivity index (χ3v) is 6.22. The first kappa shape index (κ1) is 17.8. The topological polar surface area (TPSA) is 47.4 Å². The lowest BCUT2D eigenvalue weighted by molar-refractivity contribution is -0.0537. The second-order valence-electron chi connectivity index (χ2n) is 8.82. The molecule has 4 rings (SSSR count). The lowest BCUT2D eigenvalue weighted by Gasteiger charge is -2.53. The Labute approximate surface area is 162 Å². The third kappa shape index (κ3) is 3.24. The van der Waals surface area contributed by atoms with Crippen molar-refractivity contribution in [2.45, 2.75) is 58.1 Å². The Bertz CT molecular complexity index is 823. The number of rotatable bonds is 1. The van der Waals surface area contributed by atoms with E-state index >= 15 is 0 Å². The van der Waals surface area contributed by atoms with Crippen LogP contribution >= 0.6 is 15.9 Å². The summed E-state index contributed by atoms with van der Waals surface area (Å²) in [5, 5.41) is 5.91. The Morgan fingerprint density at radius 2 is 1.88 bits per heavy atom. The molecule has 6 heteroatoms. The number of likely N-dealkylation sites (tertiary alicyclic amines) is 1. The molecule has 1 spiro atoms. The number of benzene rings is 1. The Morgan fingerprint density at radius 3 is 2.54 bits per heavy atom. The maximum Gasteiger partial charge on any atom is 0.410 e. The Balaban J connectivity index is 1.39. The van der Waals surface area contributed by atoms with Gasteiger partial charge < -0.3 is 9.64 Å². The summed E-state index contributed by atoms with van der Waals surface area (Å²) < 4.78 is 8.60. The number of carbonyl (C=O) groups excluding carboxylic acids is 1. The summed E-state index contributed by atoms with van der Waals surface area (Å²) in [6.45, 7) is 7.41. The van der Waals surface area contributed by atoms with Gasteiger partial charge in [-0.15, -0.1) is 0 Å². The average Bonchev–Trinajstić information content (AvgIpc) is 2.89. The van der Waals surface area contributed by atoms with Crippen molar-refractivity contribution < 1.29 is 9.53 Å². The maximum absolute atomic E-state index is 12.2.